The number of aromatic nitrogens is 1. The third-order valence-electron chi connectivity index (χ3n) is 3.21. The number of H-pyrrole nitrogens is 1. The largest absolute Gasteiger partial charge is 0.477 e. The molecule has 4 N–H and O–H groups in total. The molecule has 0 aliphatic heterocycles. The van der Waals surface area contributed by atoms with Gasteiger partial charge in [-0.25, -0.2) is 4.79 Å². The minimum Gasteiger partial charge on any atom is -0.477 e. The third-order valence-corrected chi connectivity index (χ3v) is 3.21. The average molecular weight is 290 g/mol. The summed E-state index contributed by atoms with van der Waals surface area (Å²) in [5.74, 6) is -1.22. The van der Waals surface area contributed by atoms with Crippen LogP contribution in [-0.2, 0) is 0 Å². The first-order chi connectivity index (χ1) is 10.1. The highest BCUT2D eigenvalue weighted by molar-refractivity contribution is 5.97. The normalized spacial score (nSPS) is 13.6. The first-order valence-corrected chi connectivity index (χ1v) is 6.27. The number of fused-ring (bicyclic) bond motifs is 1. The Kier molecular flexibility index (Phi) is 4.44. The van der Waals surface area contributed by atoms with Gasteiger partial charge in [0.15, 0.2) is 0 Å². The van der Waals surface area contributed by atoms with Crippen molar-refractivity contribution >= 4 is 16.9 Å². The monoisotopic (exact) mass is 290 g/mol. The smallest absolute Gasteiger partial charge is 0.352 e. The van der Waals surface area contributed by atoms with Crippen LogP contribution in [0.2, 0.25) is 0 Å². The number of aromatic carboxylic acids is 1. The summed E-state index contributed by atoms with van der Waals surface area (Å²) in [6, 6.07) is 6.80. The molecule has 2 rings (SSSR count). The van der Waals surface area contributed by atoms with E-state index in [1.165, 1.54) is 0 Å². The van der Waals surface area contributed by atoms with E-state index in [9.17, 15) is 20.1 Å². The zero-order valence-electron chi connectivity index (χ0n) is 11.0. The molecule has 0 saturated heterocycles. The Labute approximate surface area is 119 Å². The van der Waals surface area contributed by atoms with Crippen LogP contribution in [0.15, 0.2) is 29.4 Å². The van der Waals surface area contributed by atoms with E-state index in [0.717, 1.165) is 0 Å². The maximum absolute atomic E-state index is 11.3. The summed E-state index contributed by atoms with van der Waals surface area (Å²) in [5, 5.41) is 33.2. The van der Waals surface area contributed by atoms with Gasteiger partial charge in [-0.2, -0.15) is 0 Å². The number of hydrogen-bond donors (Lipinski definition) is 4. The molecule has 2 aromatic rings. The van der Waals surface area contributed by atoms with Crippen LogP contribution < -0.4 is 0 Å². The van der Waals surface area contributed by atoms with Crippen molar-refractivity contribution in [1.29, 1.82) is 0 Å². The van der Waals surface area contributed by atoms with E-state index in [4.69, 9.17) is 5.53 Å². The third kappa shape index (κ3) is 2.97. The molecular weight excluding hydrogens is 276 g/mol. The molecule has 0 radical (unpaired) electrons. The molecule has 1 heterocycles. The number of hydrogen-bond acceptors (Lipinski definition) is 4. The van der Waals surface area contributed by atoms with Crippen LogP contribution in [-0.4, -0.2) is 38.9 Å². The second-order valence-corrected chi connectivity index (χ2v) is 4.52. The Bertz CT molecular complexity index is 705. The maximum Gasteiger partial charge on any atom is 0.352 e. The average Bonchev–Trinajstić information content (AvgIpc) is 2.86. The topological polar surface area (TPSA) is 142 Å². The van der Waals surface area contributed by atoms with Gasteiger partial charge < -0.3 is 20.3 Å². The van der Waals surface area contributed by atoms with E-state index < -0.39 is 18.2 Å². The number of benzene rings is 1. The van der Waals surface area contributed by atoms with Crippen molar-refractivity contribution in [2.75, 3.05) is 6.54 Å². The van der Waals surface area contributed by atoms with Crippen LogP contribution in [0.25, 0.3) is 21.3 Å². The number of carbonyl (C=O) groups is 1. The number of aliphatic hydroxyl groups excluding tert-OH is 2. The highest BCUT2D eigenvalue weighted by atomic mass is 16.4. The molecule has 8 nitrogen and oxygen atoms in total. The highest BCUT2D eigenvalue weighted by Gasteiger charge is 2.27. The molecule has 0 saturated carbocycles. The van der Waals surface area contributed by atoms with Gasteiger partial charge in [0.05, 0.1) is 6.10 Å². The van der Waals surface area contributed by atoms with Crippen molar-refractivity contribution in [3.63, 3.8) is 0 Å². The Balaban J connectivity index is 2.41. The predicted molar refractivity (Wildman–Crippen MR) is 74.9 cm³/mol. The fourth-order valence-electron chi connectivity index (χ4n) is 2.22. The molecule has 0 fully saturated rings. The van der Waals surface area contributed by atoms with Gasteiger partial charge in [-0.05, 0) is 18.0 Å². The van der Waals surface area contributed by atoms with E-state index in [-0.39, 0.29) is 24.2 Å². The Morgan fingerprint density at radius 2 is 2.10 bits per heavy atom. The van der Waals surface area contributed by atoms with Crippen LogP contribution >= 0.6 is 0 Å². The molecule has 110 valence electrons. The van der Waals surface area contributed by atoms with E-state index in [1.807, 2.05) is 0 Å². The van der Waals surface area contributed by atoms with Crippen LogP contribution in [0.1, 0.15) is 28.6 Å². The lowest BCUT2D eigenvalue weighted by Gasteiger charge is -2.17. The van der Waals surface area contributed by atoms with Crippen LogP contribution in [0.3, 0.4) is 0 Å². The lowest BCUT2D eigenvalue weighted by Crippen LogP contribution is -2.21. The number of nitrogens with zero attached hydrogens (tertiary/aromatic N) is 3. The van der Waals surface area contributed by atoms with Crippen LogP contribution in [0, 0.1) is 0 Å². The summed E-state index contributed by atoms with van der Waals surface area (Å²) in [6.07, 6.45) is -2.59. The lowest BCUT2D eigenvalue weighted by atomic mass is 9.99. The fourth-order valence-corrected chi connectivity index (χ4v) is 2.22. The predicted octanol–water partition coefficient (Wildman–Crippen LogP) is 1.96. The summed E-state index contributed by atoms with van der Waals surface area (Å²) >= 11 is 0. The zero-order chi connectivity index (χ0) is 15.4. The number of aliphatic hydroxyl groups is 2. The van der Waals surface area contributed by atoms with Crippen LogP contribution in [0.4, 0.5) is 0 Å². The minimum atomic E-state index is -1.39. The van der Waals surface area contributed by atoms with Gasteiger partial charge >= 0.3 is 5.97 Å². The standard InChI is InChI=1S/C13H14N4O4/c14-17-15-6-5-9(18)12(19)10-7-3-1-2-4-8(7)16-11(10)13(20)21/h1-4,9,12,16,18-19H,5-6H2,(H,20,21). The van der Waals surface area contributed by atoms with Gasteiger partial charge in [-0.15, -0.1) is 0 Å². The summed E-state index contributed by atoms with van der Waals surface area (Å²) in [5.41, 5.74) is 8.72. The van der Waals surface area contributed by atoms with E-state index in [0.29, 0.717) is 10.9 Å². The van der Waals surface area contributed by atoms with E-state index >= 15 is 0 Å². The molecule has 21 heavy (non-hydrogen) atoms. The first kappa shape index (κ1) is 14.9. The minimum absolute atomic E-state index is 0.0134. The summed E-state index contributed by atoms with van der Waals surface area (Å²) < 4.78 is 0. The second-order valence-electron chi connectivity index (χ2n) is 4.52. The number of carboxylic acid groups (broad SMARTS) is 1. The summed E-state index contributed by atoms with van der Waals surface area (Å²) in [6.45, 7) is 0.0134. The number of nitrogens with one attached hydrogen (secondary N) is 1. The quantitative estimate of drug-likeness (QED) is 0.366. The lowest BCUT2D eigenvalue weighted by molar-refractivity contribution is 0.0149. The number of aromatic amines is 1. The number of para-hydroxylation sites is 1. The molecule has 0 aliphatic carbocycles. The Hall–Kier alpha value is -2.54. The number of carboxylic acids is 1. The van der Waals surface area contributed by atoms with Crippen molar-refractivity contribution in [2.45, 2.75) is 18.6 Å². The molecule has 0 aliphatic rings. The molecule has 0 spiro atoms. The van der Waals surface area contributed by atoms with Gasteiger partial charge in [0.1, 0.15) is 11.8 Å². The first-order valence-electron chi connectivity index (χ1n) is 6.27. The summed E-state index contributed by atoms with van der Waals surface area (Å²) in [4.78, 5) is 16.6. The SMILES string of the molecule is [N-]=[N+]=NCCC(O)C(O)c1c(C(=O)O)[nH]c2ccccc12. The van der Waals surface area contributed by atoms with Crippen molar-refractivity contribution in [2.24, 2.45) is 5.11 Å². The molecule has 1 aromatic carbocycles. The Morgan fingerprint density at radius 3 is 2.76 bits per heavy atom. The van der Waals surface area contributed by atoms with Gasteiger partial charge in [0, 0.05) is 27.9 Å². The molecule has 2 unspecified atom stereocenters. The molecule has 0 amide bonds. The molecule has 8 heteroatoms. The van der Waals surface area contributed by atoms with Crippen molar-refractivity contribution < 1.29 is 20.1 Å². The van der Waals surface area contributed by atoms with Gasteiger partial charge in [0.25, 0.3) is 0 Å². The summed E-state index contributed by atoms with van der Waals surface area (Å²) in [7, 11) is 0. The van der Waals surface area contributed by atoms with Crippen molar-refractivity contribution in [3.8, 4) is 0 Å². The second kappa shape index (κ2) is 6.27. The van der Waals surface area contributed by atoms with E-state index in [1.54, 1.807) is 24.3 Å². The van der Waals surface area contributed by atoms with Gasteiger partial charge in [0.2, 0.25) is 0 Å². The zero-order valence-corrected chi connectivity index (χ0v) is 11.0. The Morgan fingerprint density at radius 1 is 1.38 bits per heavy atom. The van der Waals surface area contributed by atoms with Gasteiger partial charge in [-0.3, -0.25) is 0 Å². The van der Waals surface area contributed by atoms with Gasteiger partial charge in [-0.1, -0.05) is 23.3 Å². The fraction of sp³-hybridized carbons (Fsp3) is 0.308. The van der Waals surface area contributed by atoms with Crippen molar-refractivity contribution in [1.82, 2.24) is 4.98 Å². The van der Waals surface area contributed by atoms with Crippen molar-refractivity contribution in [3.05, 3.63) is 46.0 Å². The molecule has 0 bridgehead atoms. The molecular formula is C13H14N4O4. The molecule has 2 atom stereocenters. The number of azide groups is 1. The molecule has 1 aromatic heterocycles. The van der Waals surface area contributed by atoms with E-state index in [2.05, 4.69) is 15.0 Å². The number of rotatable bonds is 6. The maximum atomic E-state index is 11.3. The highest BCUT2D eigenvalue weighted by Crippen LogP contribution is 2.31. The van der Waals surface area contributed by atoms with Crippen LogP contribution in [0.5, 0.6) is 0 Å².